The summed E-state index contributed by atoms with van der Waals surface area (Å²) in [4.78, 5) is 4.31. The Kier molecular flexibility index (Phi) is 2.82. The molecule has 1 aliphatic rings. The molecule has 1 aliphatic carbocycles. The number of aliphatic imine (C=N–C) groups is 1. The largest absolute Gasteiger partial charge is 0.495 e. The number of halogens is 1. The fourth-order valence-electron chi connectivity index (χ4n) is 1.34. The SMILES string of the molecule is COc1ccc(N=C(N)C2CC2)cc1Cl. The lowest BCUT2D eigenvalue weighted by atomic mass is 10.3. The quantitative estimate of drug-likeness (QED) is 0.634. The summed E-state index contributed by atoms with van der Waals surface area (Å²) in [6.07, 6.45) is 2.30. The Labute approximate surface area is 93.9 Å². The van der Waals surface area contributed by atoms with Gasteiger partial charge in [0, 0.05) is 5.92 Å². The molecule has 1 saturated carbocycles. The minimum Gasteiger partial charge on any atom is -0.495 e. The van der Waals surface area contributed by atoms with E-state index in [1.807, 2.05) is 6.07 Å². The summed E-state index contributed by atoms with van der Waals surface area (Å²) in [5.74, 6) is 1.84. The summed E-state index contributed by atoms with van der Waals surface area (Å²) < 4.78 is 5.05. The molecule has 0 spiro atoms. The molecule has 0 bridgehead atoms. The van der Waals surface area contributed by atoms with Gasteiger partial charge < -0.3 is 10.5 Å². The van der Waals surface area contributed by atoms with Crippen molar-refractivity contribution in [2.24, 2.45) is 16.6 Å². The van der Waals surface area contributed by atoms with Crippen molar-refractivity contribution in [3.63, 3.8) is 0 Å². The van der Waals surface area contributed by atoms with Crippen molar-refractivity contribution >= 4 is 23.1 Å². The van der Waals surface area contributed by atoms with Crippen LogP contribution in [0.1, 0.15) is 12.8 Å². The minimum absolute atomic E-state index is 0.478. The highest BCUT2D eigenvalue weighted by atomic mass is 35.5. The number of hydrogen-bond acceptors (Lipinski definition) is 2. The molecule has 0 amide bonds. The Morgan fingerprint density at radius 3 is 2.80 bits per heavy atom. The number of rotatable bonds is 3. The van der Waals surface area contributed by atoms with E-state index < -0.39 is 0 Å². The van der Waals surface area contributed by atoms with Crippen molar-refractivity contribution in [2.75, 3.05) is 7.11 Å². The number of benzene rings is 1. The van der Waals surface area contributed by atoms with Crippen LogP contribution in [0.25, 0.3) is 0 Å². The fraction of sp³-hybridized carbons (Fsp3) is 0.364. The predicted octanol–water partition coefficient (Wildman–Crippen LogP) is 2.75. The molecule has 0 heterocycles. The van der Waals surface area contributed by atoms with Crippen LogP contribution in [0.5, 0.6) is 5.75 Å². The van der Waals surface area contributed by atoms with E-state index in [0.717, 1.165) is 18.5 Å². The van der Waals surface area contributed by atoms with Gasteiger partial charge >= 0.3 is 0 Å². The van der Waals surface area contributed by atoms with Gasteiger partial charge in [-0.3, -0.25) is 0 Å². The zero-order chi connectivity index (χ0) is 10.8. The van der Waals surface area contributed by atoms with Gasteiger partial charge in [0.15, 0.2) is 0 Å². The van der Waals surface area contributed by atoms with E-state index in [4.69, 9.17) is 22.1 Å². The third kappa shape index (κ3) is 2.42. The van der Waals surface area contributed by atoms with Gasteiger partial charge in [-0.05, 0) is 31.0 Å². The monoisotopic (exact) mass is 224 g/mol. The summed E-state index contributed by atoms with van der Waals surface area (Å²) in [7, 11) is 1.59. The Morgan fingerprint density at radius 2 is 2.27 bits per heavy atom. The van der Waals surface area contributed by atoms with Gasteiger partial charge in [-0.1, -0.05) is 11.6 Å². The molecule has 2 N–H and O–H groups in total. The molecule has 80 valence electrons. The van der Waals surface area contributed by atoms with Gasteiger partial charge in [0.2, 0.25) is 0 Å². The fourth-order valence-corrected chi connectivity index (χ4v) is 1.60. The Bertz CT molecular complexity index is 400. The van der Waals surface area contributed by atoms with E-state index in [9.17, 15) is 0 Å². The van der Waals surface area contributed by atoms with Crippen LogP contribution in [0.2, 0.25) is 5.02 Å². The molecule has 0 aromatic heterocycles. The van der Waals surface area contributed by atoms with E-state index in [1.54, 1.807) is 19.2 Å². The molecule has 0 atom stereocenters. The standard InChI is InChI=1S/C11H13ClN2O/c1-15-10-5-4-8(6-9(10)12)14-11(13)7-2-3-7/h4-7H,2-3H2,1H3,(H2,13,14). The molecule has 0 radical (unpaired) electrons. The normalized spacial score (nSPS) is 16.5. The van der Waals surface area contributed by atoms with Crippen LogP contribution in [0.15, 0.2) is 23.2 Å². The van der Waals surface area contributed by atoms with Crippen LogP contribution in [0, 0.1) is 5.92 Å². The lowest BCUT2D eigenvalue weighted by Crippen LogP contribution is -2.12. The predicted molar refractivity (Wildman–Crippen MR) is 62.0 cm³/mol. The molecular formula is C11H13ClN2O. The lowest BCUT2D eigenvalue weighted by molar-refractivity contribution is 0.415. The summed E-state index contributed by atoms with van der Waals surface area (Å²) in [5.41, 5.74) is 6.59. The van der Waals surface area contributed by atoms with Crippen molar-refractivity contribution in [2.45, 2.75) is 12.8 Å². The number of ether oxygens (including phenoxy) is 1. The lowest BCUT2D eigenvalue weighted by Gasteiger charge is -2.03. The second kappa shape index (κ2) is 4.11. The topological polar surface area (TPSA) is 47.6 Å². The molecule has 15 heavy (non-hydrogen) atoms. The second-order valence-corrected chi connectivity index (χ2v) is 4.04. The van der Waals surface area contributed by atoms with Gasteiger partial charge in [-0.2, -0.15) is 0 Å². The molecule has 0 unspecified atom stereocenters. The minimum atomic E-state index is 0.478. The number of amidine groups is 1. The first-order chi connectivity index (χ1) is 7.20. The second-order valence-electron chi connectivity index (χ2n) is 3.63. The summed E-state index contributed by atoms with van der Waals surface area (Å²) in [6.45, 7) is 0. The molecule has 1 fully saturated rings. The zero-order valence-corrected chi connectivity index (χ0v) is 9.29. The van der Waals surface area contributed by atoms with Crippen LogP contribution in [0.4, 0.5) is 5.69 Å². The molecule has 1 aromatic rings. The summed E-state index contributed by atoms with van der Waals surface area (Å²) in [6, 6.07) is 5.40. The maximum atomic E-state index is 5.97. The van der Waals surface area contributed by atoms with Crippen LogP contribution >= 0.6 is 11.6 Å². The van der Waals surface area contributed by atoms with Gasteiger partial charge in [0.1, 0.15) is 11.6 Å². The first-order valence-electron chi connectivity index (χ1n) is 4.88. The van der Waals surface area contributed by atoms with Crippen LogP contribution in [0.3, 0.4) is 0 Å². The molecule has 1 aromatic carbocycles. The van der Waals surface area contributed by atoms with Gasteiger partial charge in [0.05, 0.1) is 17.8 Å². The number of nitrogens with two attached hydrogens (primary N) is 1. The molecule has 3 nitrogen and oxygen atoms in total. The van der Waals surface area contributed by atoms with Crippen molar-refractivity contribution in [1.29, 1.82) is 0 Å². The molecule has 0 saturated heterocycles. The first-order valence-corrected chi connectivity index (χ1v) is 5.26. The van der Waals surface area contributed by atoms with E-state index in [0.29, 0.717) is 22.5 Å². The van der Waals surface area contributed by atoms with E-state index >= 15 is 0 Å². The number of methoxy groups -OCH3 is 1. The van der Waals surface area contributed by atoms with Crippen LogP contribution < -0.4 is 10.5 Å². The molecule has 2 rings (SSSR count). The smallest absolute Gasteiger partial charge is 0.137 e. The average Bonchev–Trinajstić information content (AvgIpc) is 3.01. The first kappa shape index (κ1) is 10.3. The summed E-state index contributed by atoms with van der Waals surface area (Å²) in [5, 5.41) is 0.558. The van der Waals surface area contributed by atoms with E-state index in [-0.39, 0.29) is 0 Å². The van der Waals surface area contributed by atoms with Gasteiger partial charge in [-0.25, -0.2) is 4.99 Å². The Balaban J connectivity index is 2.22. The van der Waals surface area contributed by atoms with E-state index in [1.165, 1.54) is 0 Å². The Hall–Kier alpha value is -1.22. The highest BCUT2D eigenvalue weighted by Gasteiger charge is 2.25. The number of nitrogens with zero attached hydrogens (tertiary/aromatic N) is 1. The van der Waals surface area contributed by atoms with Crippen molar-refractivity contribution < 1.29 is 4.74 Å². The van der Waals surface area contributed by atoms with Gasteiger partial charge in [-0.15, -0.1) is 0 Å². The third-order valence-electron chi connectivity index (χ3n) is 2.39. The molecule has 4 heteroatoms. The van der Waals surface area contributed by atoms with Crippen molar-refractivity contribution in [1.82, 2.24) is 0 Å². The zero-order valence-electron chi connectivity index (χ0n) is 8.53. The molecular weight excluding hydrogens is 212 g/mol. The van der Waals surface area contributed by atoms with Gasteiger partial charge in [0.25, 0.3) is 0 Å². The Morgan fingerprint density at radius 1 is 1.53 bits per heavy atom. The number of hydrogen-bond donors (Lipinski definition) is 1. The third-order valence-corrected chi connectivity index (χ3v) is 2.68. The van der Waals surface area contributed by atoms with Crippen molar-refractivity contribution in [3.8, 4) is 5.75 Å². The van der Waals surface area contributed by atoms with Crippen LogP contribution in [-0.2, 0) is 0 Å². The maximum Gasteiger partial charge on any atom is 0.137 e. The highest BCUT2D eigenvalue weighted by Crippen LogP contribution is 2.32. The maximum absolute atomic E-state index is 5.97. The van der Waals surface area contributed by atoms with Crippen molar-refractivity contribution in [3.05, 3.63) is 23.2 Å². The van der Waals surface area contributed by atoms with Crippen LogP contribution in [-0.4, -0.2) is 12.9 Å². The van der Waals surface area contributed by atoms with E-state index in [2.05, 4.69) is 4.99 Å². The molecule has 0 aliphatic heterocycles. The highest BCUT2D eigenvalue weighted by molar-refractivity contribution is 6.32. The average molecular weight is 225 g/mol. The summed E-state index contributed by atoms with van der Waals surface area (Å²) >= 11 is 5.97.